The summed E-state index contributed by atoms with van der Waals surface area (Å²) in [6.45, 7) is 0. The molecule has 1 aromatic heterocycles. The first kappa shape index (κ1) is 8.91. The number of hydrogen-bond acceptors (Lipinski definition) is 4. The highest BCUT2D eigenvalue weighted by molar-refractivity contribution is 5.95. The smallest absolute Gasteiger partial charge is 0.143 e. The van der Waals surface area contributed by atoms with Gasteiger partial charge in [0.05, 0.1) is 16.7 Å². The fourth-order valence-electron chi connectivity index (χ4n) is 1.71. The summed E-state index contributed by atoms with van der Waals surface area (Å²) in [6.07, 6.45) is 0. The minimum atomic E-state index is 0.0995. The van der Waals surface area contributed by atoms with E-state index in [0.29, 0.717) is 16.7 Å². The Balaban J connectivity index is 2.56. The number of aromatic nitrogens is 2. The Hall–Kier alpha value is -2.36. The molecule has 0 saturated heterocycles. The van der Waals surface area contributed by atoms with Crippen molar-refractivity contribution in [3.8, 4) is 5.75 Å². The van der Waals surface area contributed by atoms with Gasteiger partial charge in [-0.3, -0.25) is 0 Å². The summed E-state index contributed by atoms with van der Waals surface area (Å²) in [4.78, 5) is 8.74. The van der Waals surface area contributed by atoms with Crippen LogP contribution in [-0.2, 0) is 0 Å². The molecule has 0 atom stereocenters. The molecule has 0 aliphatic heterocycles. The molecule has 0 amide bonds. The Morgan fingerprint density at radius 3 is 2.19 bits per heavy atom. The first-order chi connectivity index (χ1) is 7.75. The lowest BCUT2D eigenvalue weighted by molar-refractivity contribution is 0.480. The molecular formula is C12H9N3O. The third-order valence-corrected chi connectivity index (χ3v) is 2.51. The number of hydrogen-bond donors (Lipinski definition) is 2. The summed E-state index contributed by atoms with van der Waals surface area (Å²) in [7, 11) is 0. The van der Waals surface area contributed by atoms with Gasteiger partial charge in [0, 0.05) is 0 Å². The Kier molecular flexibility index (Phi) is 1.71. The number of anilines is 1. The number of fused-ring (bicyclic) bond motifs is 2. The molecular weight excluding hydrogens is 202 g/mol. The molecule has 0 fully saturated rings. The van der Waals surface area contributed by atoms with Gasteiger partial charge in [-0.2, -0.15) is 0 Å². The predicted octanol–water partition coefficient (Wildman–Crippen LogP) is 2.07. The van der Waals surface area contributed by atoms with Crippen molar-refractivity contribution >= 4 is 27.8 Å². The van der Waals surface area contributed by atoms with E-state index in [2.05, 4.69) is 9.97 Å². The molecule has 0 unspecified atom stereocenters. The minimum Gasteiger partial charge on any atom is -0.506 e. The SMILES string of the molecule is Nc1ccc(O)c2nc3ccccc3nc12. The molecule has 0 radical (unpaired) electrons. The molecule has 4 nitrogen and oxygen atoms in total. The normalized spacial score (nSPS) is 11.0. The molecule has 0 aliphatic carbocycles. The summed E-state index contributed by atoms with van der Waals surface area (Å²) in [5.74, 6) is 0.0995. The van der Waals surface area contributed by atoms with E-state index in [1.165, 1.54) is 6.07 Å². The number of nitrogens with two attached hydrogens (primary N) is 1. The number of phenolic OH excluding ortho intramolecular Hbond substituents is 1. The quantitative estimate of drug-likeness (QED) is 0.339. The van der Waals surface area contributed by atoms with Crippen molar-refractivity contribution < 1.29 is 5.11 Å². The Morgan fingerprint density at radius 2 is 1.50 bits per heavy atom. The van der Waals surface area contributed by atoms with Gasteiger partial charge in [-0.05, 0) is 24.3 Å². The van der Waals surface area contributed by atoms with Crippen LogP contribution in [0.4, 0.5) is 5.69 Å². The van der Waals surface area contributed by atoms with Crippen LogP contribution in [0.3, 0.4) is 0 Å². The summed E-state index contributed by atoms with van der Waals surface area (Å²) in [5, 5.41) is 9.70. The van der Waals surface area contributed by atoms with Crippen LogP contribution >= 0.6 is 0 Å². The fraction of sp³-hybridized carbons (Fsp3) is 0. The third kappa shape index (κ3) is 1.16. The van der Waals surface area contributed by atoms with Crippen molar-refractivity contribution in [1.82, 2.24) is 9.97 Å². The van der Waals surface area contributed by atoms with Gasteiger partial charge in [-0.15, -0.1) is 0 Å². The van der Waals surface area contributed by atoms with Crippen LogP contribution in [0.1, 0.15) is 0 Å². The molecule has 3 N–H and O–H groups in total. The lowest BCUT2D eigenvalue weighted by Gasteiger charge is -2.04. The second-order valence-electron chi connectivity index (χ2n) is 3.58. The zero-order chi connectivity index (χ0) is 11.1. The van der Waals surface area contributed by atoms with Gasteiger partial charge in [-0.25, -0.2) is 9.97 Å². The predicted molar refractivity (Wildman–Crippen MR) is 63.1 cm³/mol. The average Bonchev–Trinajstić information content (AvgIpc) is 2.32. The molecule has 0 spiro atoms. The van der Waals surface area contributed by atoms with E-state index in [1.54, 1.807) is 6.07 Å². The molecule has 0 saturated carbocycles. The number of phenols is 1. The van der Waals surface area contributed by atoms with Crippen LogP contribution in [-0.4, -0.2) is 15.1 Å². The maximum absolute atomic E-state index is 9.70. The number of para-hydroxylation sites is 2. The Morgan fingerprint density at radius 1 is 0.875 bits per heavy atom. The van der Waals surface area contributed by atoms with E-state index in [4.69, 9.17) is 5.73 Å². The van der Waals surface area contributed by atoms with Gasteiger partial charge in [0.15, 0.2) is 0 Å². The molecule has 0 aliphatic rings. The number of nitrogens with zero attached hydrogens (tertiary/aromatic N) is 2. The van der Waals surface area contributed by atoms with E-state index in [9.17, 15) is 5.11 Å². The lowest BCUT2D eigenvalue weighted by atomic mass is 10.2. The molecule has 3 aromatic rings. The van der Waals surface area contributed by atoms with Crippen LogP contribution in [0.5, 0.6) is 5.75 Å². The molecule has 2 aromatic carbocycles. The first-order valence-corrected chi connectivity index (χ1v) is 4.89. The van der Waals surface area contributed by atoms with Crippen LogP contribution in [0.25, 0.3) is 22.1 Å². The fourth-order valence-corrected chi connectivity index (χ4v) is 1.71. The monoisotopic (exact) mass is 211 g/mol. The van der Waals surface area contributed by atoms with E-state index >= 15 is 0 Å². The van der Waals surface area contributed by atoms with Crippen molar-refractivity contribution in [3.05, 3.63) is 36.4 Å². The molecule has 3 rings (SSSR count). The van der Waals surface area contributed by atoms with E-state index < -0.39 is 0 Å². The van der Waals surface area contributed by atoms with E-state index in [0.717, 1.165) is 11.0 Å². The zero-order valence-electron chi connectivity index (χ0n) is 8.38. The van der Waals surface area contributed by atoms with Crippen molar-refractivity contribution in [3.63, 3.8) is 0 Å². The average molecular weight is 211 g/mol. The second-order valence-corrected chi connectivity index (χ2v) is 3.58. The standard InChI is InChI=1S/C12H9N3O/c13-7-5-6-10(16)12-11(7)14-8-3-1-2-4-9(8)15-12/h1-6,16H,13H2. The molecule has 16 heavy (non-hydrogen) atoms. The van der Waals surface area contributed by atoms with Crippen molar-refractivity contribution in [2.45, 2.75) is 0 Å². The van der Waals surface area contributed by atoms with Gasteiger partial charge in [0.2, 0.25) is 0 Å². The topological polar surface area (TPSA) is 72.0 Å². The maximum atomic E-state index is 9.70. The largest absolute Gasteiger partial charge is 0.506 e. The molecule has 1 heterocycles. The highest BCUT2D eigenvalue weighted by atomic mass is 16.3. The first-order valence-electron chi connectivity index (χ1n) is 4.89. The summed E-state index contributed by atoms with van der Waals surface area (Å²) >= 11 is 0. The van der Waals surface area contributed by atoms with Crippen LogP contribution in [0.2, 0.25) is 0 Å². The number of nitrogen functional groups attached to an aromatic ring is 1. The number of aromatic hydroxyl groups is 1. The van der Waals surface area contributed by atoms with Gasteiger partial charge in [0.1, 0.15) is 16.8 Å². The van der Waals surface area contributed by atoms with Gasteiger partial charge < -0.3 is 10.8 Å². The Bertz CT molecular complexity index is 634. The second kappa shape index (κ2) is 3.06. The summed E-state index contributed by atoms with van der Waals surface area (Å²) < 4.78 is 0. The summed E-state index contributed by atoms with van der Waals surface area (Å²) in [5.41, 5.74) is 8.82. The van der Waals surface area contributed by atoms with Crippen molar-refractivity contribution in [1.29, 1.82) is 0 Å². The van der Waals surface area contributed by atoms with Gasteiger partial charge in [-0.1, -0.05) is 12.1 Å². The van der Waals surface area contributed by atoms with Crippen LogP contribution < -0.4 is 5.73 Å². The third-order valence-electron chi connectivity index (χ3n) is 2.51. The Labute approximate surface area is 91.4 Å². The lowest BCUT2D eigenvalue weighted by Crippen LogP contribution is -1.93. The molecule has 4 heteroatoms. The van der Waals surface area contributed by atoms with Crippen molar-refractivity contribution in [2.24, 2.45) is 0 Å². The maximum Gasteiger partial charge on any atom is 0.143 e. The van der Waals surface area contributed by atoms with E-state index in [1.807, 2.05) is 24.3 Å². The highest BCUT2D eigenvalue weighted by Gasteiger charge is 2.07. The van der Waals surface area contributed by atoms with Crippen LogP contribution in [0.15, 0.2) is 36.4 Å². The highest BCUT2D eigenvalue weighted by Crippen LogP contribution is 2.27. The van der Waals surface area contributed by atoms with E-state index in [-0.39, 0.29) is 5.75 Å². The molecule has 0 bridgehead atoms. The van der Waals surface area contributed by atoms with Gasteiger partial charge >= 0.3 is 0 Å². The van der Waals surface area contributed by atoms with Gasteiger partial charge in [0.25, 0.3) is 0 Å². The van der Waals surface area contributed by atoms with Crippen LogP contribution in [0, 0.1) is 0 Å². The minimum absolute atomic E-state index is 0.0995. The zero-order valence-corrected chi connectivity index (χ0v) is 8.38. The number of rotatable bonds is 0. The molecule has 78 valence electrons. The summed E-state index contributed by atoms with van der Waals surface area (Å²) in [6, 6.07) is 10.6. The van der Waals surface area contributed by atoms with Crippen molar-refractivity contribution in [2.75, 3.05) is 5.73 Å². The number of benzene rings is 2.